The number of fused-ring (bicyclic) bond motifs is 1. The third-order valence-electron chi connectivity index (χ3n) is 7.63. The Labute approximate surface area is 263 Å². The van der Waals surface area contributed by atoms with Crippen molar-refractivity contribution in [2.24, 2.45) is 0 Å². The Balaban J connectivity index is 1.41. The van der Waals surface area contributed by atoms with Crippen LogP contribution >= 0.6 is 0 Å². The van der Waals surface area contributed by atoms with Gasteiger partial charge in [-0.15, -0.1) is 0 Å². The molecule has 1 aliphatic heterocycles. The Kier molecular flexibility index (Phi) is 9.03. The lowest BCUT2D eigenvalue weighted by molar-refractivity contribution is -0.0227. The standard InChI is InChI=1S/C34H38N4O6S/c1-34(2,3)23-19-28(31(43-4)29(20-23)37-45(5,41)42)36-33(40)35-27-16-15-26(24-13-9-10-14-25(24)27)32(39)38-17-18-44-30(21-38)22-11-7-6-8-12-22/h6-16,19-20,30,37H,17-18,21H2,1-5H3,(H2,35,36,40). The average Bonchev–Trinajstić information content (AvgIpc) is 3.00. The molecule has 0 spiro atoms. The molecule has 0 radical (unpaired) electrons. The van der Waals surface area contributed by atoms with Crippen molar-refractivity contribution >= 4 is 49.8 Å². The van der Waals surface area contributed by atoms with Crippen molar-refractivity contribution in [1.29, 1.82) is 0 Å². The number of anilines is 3. The van der Waals surface area contributed by atoms with Crippen molar-refractivity contribution in [1.82, 2.24) is 4.90 Å². The lowest BCUT2D eigenvalue weighted by Crippen LogP contribution is -2.42. The van der Waals surface area contributed by atoms with Gasteiger partial charge in [-0.05, 0) is 46.2 Å². The summed E-state index contributed by atoms with van der Waals surface area (Å²) in [6, 6.07) is 23.6. The maximum Gasteiger partial charge on any atom is 0.323 e. The van der Waals surface area contributed by atoms with Crippen LogP contribution in [0.15, 0.2) is 78.9 Å². The minimum Gasteiger partial charge on any atom is -0.492 e. The van der Waals surface area contributed by atoms with Crippen LogP contribution in [-0.4, -0.2) is 58.3 Å². The maximum atomic E-state index is 13.8. The van der Waals surface area contributed by atoms with Crippen molar-refractivity contribution < 1.29 is 27.5 Å². The molecule has 11 heteroatoms. The van der Waals surface area contributed by atoms with Crippen molar-refractivity contribution in [3.05, 3.63) is 95.6 Å². The molecule has 1 unspecified atom stereocenters. The second-order valence-electron chi connectivity index (χ2n) is 12.0. The fourth-order valence-corrected chi connectivity index (χ4v) is 5.95. The van der Waals surface area contributed by atoms with Gasteiger partial charge < -0.3 is 25.0 Å². The average molecular weight is 631 g/mol. The van der Waals surface area contributed by atoms with Gasteiger partial charge in [0, 0.05) is 17.5 Å². The highest BCUT2D eigenvalue weighted by atomic mass is 32.2. The molecule has 0 aromatic heterocycles. The van der Waals surface area contributed by atoms with Gasteiger partial charge in [0.15, 0.2) is 5.75 Å². The first-order valence-electron chi connectivity index (χ1n) is 14.6. The number of carbonyl (C=O) groups excluding carboxylic acids is 2. The predicted octanol–water partition coefficient (Wildman–Crippen LogP) is 6.38. The molecule has 5 rings (SSSR count). The highest BCUT2D eigenvalue weighted by molar-refractivity contribution is 7.92. The molecule has 4 aromatic rings. The van der Waals surface area contributed by atoms with Gasteiger partial charge in [0.1, 0.15) is 6.10 Å². The van der Waals surface area contributed by atoms with Gasteiger partial charge >= 0.3 is 6.03 Å². The molecule has 0 saturated carbocycles. The largest absolute Gasteiger partial charge is 0.492 e. The van der Waals surface area contributed by atoms with Crippen LogP contribution in [0.25, 0.3) is 10.8 Å². The molecular weight excluding hydrogens is 592 g/mol. The number of urea groups is 1. The number of nitrogens with zero attached hydrogens (tertiary/aromatic N) is 1. The summed E-state index contributed by atoms with van der Waals surface area (Å²) in [5.74, 6) is 0.0646. The zero-order valence-electron chi connectivity index (χ0n) is 26.0. The highest BCUT2D eigenvalue weighted by Crippen LogP contribution is 2.39. The number of nitrogens with one attached hydrogen (secondary N) is 3. The number of morpholine rings is 1. The van der Waals surface area contributed by atoms with E-state index in [1.807, 2.05) is 75.4 Å². The maximum absolute atomic E-state index is 13.8. The van der Waals surface area contributed by atoms with Gasteiger partial charge in [0.05, 0.1) is 43.6 Å². The molecule has 10 nitrogen and oxygen atoms in total. The summed E-state index contributed by atoms with van der Waals surface area (Å²) in [5, 5.41) is 7.12. The molecule has 1 atom stereocenters. The van der Waals surface area contributed by atoms with E-state index in [1.54, 1.807) is 29.2 Å². The van der Waals surface area contributed by atoms with Crippen LogP contribution in [0.2, 0.25) is 0 Å². The lowest BCUT2D eigenvalue weighted by atomic mass is 9.86. The van der Waals surface area contributed by atoms with Crippen LogP contribution in [0.1, 0.15) is 48.4 Å². The Morgan fingerprint density at radius 2 is 1.53 bits per heavy atom. The van der Waals surface area contributed by atoms with Crippen molar-refractivity contribution in [2.75, 3.05) is 48.4 Å². The van der Waals surface area contributed by atoms with E-state index >= 15 is 0 Å². The van der Waals surface area contributed by atoms with E-state index in [9.17, 15) is 18.0 Å². The summed E-state index contributed by atoms with van der Waals surface area (Å²) < 4.78 is 38.2. The zero-order chi connectivity index (χ0) is 32.4. The first-order valence-corrected chi connectivity index (χ1v) is 16.5. The number of hydrogen-bond donors (Lipinski definition) is 3. The number of rotatable bonds is 7. The summed E-state index contributed by atoms with van der Waals surface area (Å²) in [6.45, 7) is 7.30. The number of carbonyl (C=O) groups is 2. The number of methoxy groups -OCH3 is 1. The number of amides is 3. The SMILES string of the molecule is COc1c(NC(=O)Nc2ccc(C(=O)N3CCOC(c4ccccc4)C3)c3ccccc23)cc(C(C)(C)C)cc1NS(C)(=O)=O. The molecule has 0 aliphatic carbocycles. The molecule has 4 aromatic carbocycles. The molecule has 1 heterocycles. The molecule has 0 bridgehead atoms. The van der Waals surface area contributed by atoms with E-state index in [1.165, 1.54) is 7.11 Å². The summed E-state index contributed by atoms with van der Waals surface area (Å²) in [5.41, 5.74) is 3.00. The first-order chi connectivity index (χ1) is 21.3. The minimum absolute atomic E-state index is 0.110. The smallest absolute Gasteiger partial charge is 0.323 e. The summed E-state index contributed by atoms with van der Waals surface area (Å²) >= 11 is 0. The van der Waals surface area contributed by atoms with Gasteiger partial charge in [-0.1, -0.05) is 75.4 Å². The number of benzene rings is 4. The third kappa shape index (κ3) is 7.38. The summed E-state index contributed by atoms with van der Waals surface area (Å²) in [7, 11) is -2.22. The summed E-state index contributed by atoms with van der Waals surface area (Å²) in [4.78, 5) is 29.0. The highest BCUT2D eigenvalue weighted by Gasteiger charge is 2.28. The molecule has 1 saturated heterocycles. The van der Waals surface area contributed by atoms with E-state index in [-0.39, 0.29) is 28.9 Å². The van der Waals surface area contributed by atoms with Crippen LogP contribution in [0.3, 0.4) is 0 Å². The van der Waals surface area contributed by atoms with Crippen LogP contribution in [0.5, 0.6) is 5.75 Å². The van der Waals surface area contributed by atoms with Gasteiger partial charge in [-0.25, -0.2) is 13.2 Å². The van der Waals surface area contributed by atoms with Gasteiger partial charge in [0.25, 0.3) is 5.91 Å². The summed E-state index contributed by atoms with van der Waals surface area (Å²) in [6.07, 6.45) is 0.845. The zero-order valence-corrected chi connectivity index (χ0v) is 26.8. The Morgan fingerprint density at radius 3 is 2.20 bits per heavy atom. The second-order valence-corrected chi connectivity index (χ2v) is 13.8. The topological polar surface area (TPSA) is 126 Å². The van der Waals surface area contributed by atoms with E-state index in [0.29, 0.717) is 47.4 Å². The fourth-order valence-electron chi connectivity index (χ4n) is 5.39. The van der Waals surface area contributed by atoms with Crippen molar-refractivity contribution in [3.63, 3.8) is 0 Å². The number of hydrogen-bond acceptors (Lipinski definition) is 6. The molecule has 3 amide bonds. The third-order valence-corrected chi connectivity index (χ3v) is 8.22. The van der Waals surface area contributed by atoms with E-state index in [2.05, 4.69) is 15.4 Å². The van der Waals surface area contributed by atoms with Gasteiger partial charge in [-0.2, -0.15) is 0 Å². The number of ether oxygens (including phenoxy) is 2. The van der Waals surface area contributed by atoms with Gasteiger partial charge in [-0.3, -0.25) is 9.52 Å². The lowest BCUT2D eigenvalue weighted by Gasteiger charge is -2.33. The van der Waals surface area contributed by atoms with Gasteiger partial charge in [0.2, 0.25) is 10.0 Å². The van der Waals surface area contributed by atoms with Crippen LogP contribution in [-0.2, 0) is 20.2 Å². The normalized spacial score (nSPS) is 15.4. The predicted molar refractivity (Wildman–Crippen MR) is 178 cm³/mol. The van der Waals surface area contributed by atoms with E-state index in [0.717, 1.165) is 17.4 Å². The van der Waals surface area contributed by atoms with E-state index in [4.69, 9.17) is 9.47 Å². The van der Waals surface area contributed by atoms with Crippen molar-refractivity contribution in [2.45, 2.75) is 32.3 Å². The Morgan fingerprint density at radius 1 is 0.889 bits per heavy atom. The minimum atomic E-state index is -3.62. The monoisotopic (exact) mass is 630 g/mol. The Hall–Kier alpha value is -4.61. The molecule has 236 valence electrons. The molecule has 1 fully saturated rings. The molecular formula is C34H38N4O6S. The fraction of sp³-hybridized carbons (Fsp3) is 0.294. The number of sulfonamides is 1. The van der Waals surface area contributed by atoms with Crippen molar-refractivity contribution in [3.8, 4) is 5.75 Å². The van der Waals surface area contributed by atoms with Crippen LogP contribution in [0, 0.1) is 0 Å². The molecule has 3 N–H and O–H groups in total. The Bertz CT molecular complexity index is 1840. The first kappa shape index (κ1) is 31.8. The second kappa shape index (κ2) is 12.8. The molecule has 1 aliphatic rings. The quantitative estimate of drug-likeness (QED) is 0.218. The van der Waals surface area contributed by atoms with E-state index < -0.39 is 16.1 Å². The van der Waals surface area contributed by atoms with Crippen LogP contribution < -0.4 is 20.1 Å². The van der Waals surface area contributed by atoms with Crippen LogP contribution in [0.4, 0.5) is 21.9 Å². The molecule has 45 heavy (non-hydrogen) atoms.